The number of benzene rings is 4. The van der Waals surface area contributed by atoms with Gasteiger partial charge >= 0.3 is 0 Å². The molecule has 0 N–H and O–H groups in total. The lowest BCUT2D eigenvalue weighted by Crippen LogP contribution is -2.14. The third-order valence-electron chi connectivity index (χ3n) is 5.91. The van der Waals surface area contributed by atoms with Crippen LogP contribution in [0.5, 0.6) is 0 Å². The van der Waals surface area contributed by atoms with Gasteiger partial charge in [-0.2, -0.15) is 0 Å². The van der Waals surface area contributed by atoms with E-state index in [9.17, 15) is 0 Å². The molecule has 1 aliphatic carbocycles. The maximum atomic E-state index is 2.34. The van der Waals surface area contributed by atoms with E-state index in [-0.39, 0.29) is 5.41 Å². The quantitative estimate of drug-likeness (QED) is 0.347. The van der Waals surface area contributed by atoms with Gasteiger partial charge in [-0.15, -0.1) is 0 Å². The fraction of sp³-hybridized carbons (Fsp3) is 0.154. The summed E-state index contributed by atoms with van der Waals surface area (Å²) >= 11 is 0. The zero-order valence-corrected chi connectivity index (χ0v) is 15.5. The summed E-state index contributed by atoms with van der Waals surface area (Å²) in [4.78, 5) is 0. The van der Waals surface area contributed by atoms with Gasteiger partial charge in [0.25, 0.3) is 0 Å². The lowest BCUT2D eigenvalue weighted by molar-refractivity contribution is 0.660. The Kier molecular flexibility index (Phi) is 3.15. The van der Waals surface area contributed by atoms with Crippen LogP contribution in [0.3, 0.4) is 0 Å². The average molecular weight is 334 g/mol. The van der Waals surface area contributed by atoms with Crippen LogP contribution >= 0.6 is 0 Å². The Labute approximate surface area is 155 Å². The molecule has 0 unspecified atom stereocenters. The molecule has 5 rings (SSSR count). The first kappa shape index (κ1) is 15.4. The standard InChI is InChI=1S/C26H22/c1-17-11-12-19-16-20(14-13-18(19)15-17)21-8-6-10-24-25(21)22-7-4-5-9-23(22)26(24,2)3/h4-16H,1-3H3. The van der Waals surface area contributed by atoms with Gasteiger partial charge in [0.15, 0.2) is 0 Å². The van der Waals surface area contributed by atoms with Crippen molar-refractivity contribution in [2.75, 3.05) is 0 Å². The second kappa shape index (κ2) is 5.32. The number of fused-ring (bicyclic) bond motifs is 4. The van der Waals surface area contributed by atoms with Crippen molar-refractivity contribution in [2.45, 2.75) is 26.2 Å². The van der Waals surface area contributed by atoms with Crippen molar-refractivity contribution in [3.05, 3.63) is 95.6 Å². The van der Waals surface area contributed by atoms with E-state index >= 15 is 0 Å². The summed E-state index contributed by atoms with van der Waals surface area (Å²) in [5.74, 6) is 0. The molecule has 0 saturated heterocycles. The summed E-state index contributed by atoms with van der Waals surface area (Å²) in [6.45, 7) is 6.83. The second-order valence-electron chi connectivity index (χ2n) is 7.96. The van der Waals surface area contributed by atoms with Crippen LogP contribution in [0.1, 0.15) is 30.5 Å². The van der Waals surface area contributed by atoms with E-state index in [1.807, 2.05) is 0 Å². The zero-order chi connectivity index (χ0) is 17.9. The predicted molar refractivity (Wildman–Crippen MR) is 112 cm³/mol. The normalized spacial score (nSPS) is 14.3. The Morgan fingerprint density at radius 2 is 1.31 bits per heavy atom. The van der Waals surface area contributed by atoms with Crippen LogP contribution < -0.4 is 0 Å². The molecular formula is C26H22. The molecule has 0 heterocycles. The van der Waals surface area contributed by atoms with Crippen molar-refractivity contribution in [1.29, 1.82) is 0 Å². The molecule has 4 aromatic carbocycles. The average Bonchev–Trinajstić information content (AvgIpc) is 2.89. The molecule has 0 spiro atoms. The molecule has 0 aromatic heterocycles. The Balaban J connectivity index is 1.79. The Morgan fingerprint density at radius 3 is 2.19 bits per heavy atom. The molecule has 0 amide bonds. The molecule has 0 atom stereocenters. The molecule has 0 bridgehead atoms. The maximum Gasteiger partial charge on any atom is 0.0159 e. The summed E-state index contributed by atoms with van der Waals surface area (Å²) in [5.41, 5.74) is 9.64. The summed E-state index contributed by atoms with van der Waals surface area (Å²) in [5, 5.41) is 2.61. The highest BCUT2D eigenvalue weighted by Crippen LogP contribution is 2.51. The van der Waals surface area contributed by atoms with E-state index in [2.05, 4.69) is 99.6 Å². The summed E-state index contributed by atoms with van der Waals surface area (Å²) < 4.78 is 0. The summed E-state index contributed by atoms with van der Waals surface area (Å²) in [6, 6.07) is 29.2. The zero-order valence-electron chi connectivity index (χ0n) is 15.5. The first-order chi connectivity index (χ1) is 12.6. The van der Waals surface area contributed by atoms with Gasteiger partial charge in [0.2, 0.25) is 0 Å². The van der Waals surface area contributed by atoms with Gasteiger partial charge in [0.05, 0.1) is 0 Å². The van der Waals surface area contributed by atoms with Gasteiger partial charge in [0.1, 0.15) is 0 Å². The Hall–Kier alpha value is -2.86. The van der Waals surface area contributed by atoms with E-state index < -0.39 is 0 Å². The van der Waals surface area contributed by atoms with Crippen LogP contribution in [0.25, 0.3) is 33.0 Å². The van der Waals surface area contributed by atoms with Gasteiger partial charge in [-0.25, -0.2) is 0 Å². The van der Waals surface area contributed by atoms with E-state index in [1.165, 1.54) is 49.7 Å². The first-order valence-corrected chi connectivity index (χ1v) is 9.30. The summed E-state index contributed by atoms with van der Waals surface area (Å²) in [6.07, 6.45) is 0. The van der Waals surface area contributed by atoms with E-state index in [4.69, 9.17) is 0 Å². The minimum absolute atomic E-state index is 0.0515. The predicted octanol–water partition coefficient (Wildman–Crippen LogP) is 7.12. The first-order valence-electron chi connectivity index (χ1n) is 9.30. The van der Waals surface area contributed by atoms with Crippen molar-refractivity contribution >= 4 is 10.8 Å². The lowest BCUT2D eigenvalue weighted by Gasteiger charge is -2.21. The molecule has 0 fully saturated rings. The molecule has 0 radical (unpaired) electrons. The molecule has 1 aliphatic rings. The summed E-state index contributed by atoms with van der Waals surface area (Å²) in [7, 11) is 0. The molecule has 0 saturated carbocycles. The van der Waals surface area contributed by atoms with Crippen molar-refractivity contribution in [1.82, 2.24) is 0 Å². The van der Waals surface area contributed by atoms with Crippen molar-refractivity contribution in [3.8, 4) is 22.3 Å². The smallest absolute Gasteiger partial charge is 0.0159 e. The van der Waals surface area contributed by atoms with Gasteiger partial charge in [-0.1, -0.05) is 92.2 Å². The molecule has 0 heteroatoms. The van der Waals surface area contributed by atoms with Gasteiger partial charge < -0.3 is 0 Å². The van der Waals surface area contributed by atoms with Crippen LogP contribution in [-0.4, -0.2) is 0 Å². The topological polar surface area (TPSA) is 0 Å². The highest BCUT2D eigenvalue weighted by Gasteiger charge is 2.36. The second-order valence-corrected chi connectivity index (χ2v) is 7.96. The Bertz CT molecular complexity index is 1160. The SMILES string of the molecule is Cc1ccc2cc(-c3cccc4c3-c3ccccc3C4(C)C)ccc2c1. The minimum Gasteiger partial charge on any atom is -0.0619 e. The van der Waals surface area contributed by atoms with Crippen molar-refractivity contribution < 1.29 is 0 Å². The minimum atomic E-state index is 0.0515. The largest absolute Gasteiger partial charge is 0.0619 e. The third kappa shape index (κ3) is 2.08. The number of hydrogen-bond donors (Lipinski definition) is 0. The molecule has 26 heavy (non-hydrogen) atoms. The van der Waals surface area contributed by atoms with Gasteiger partial charge in [-0.3, -0.25) is 0 Å². The van der Waals surface area contributed by atoms with Gasteiger partial charge in [0, 0.05) is 5.41 Å². The van der Waals surface area contributed by atoms with E-state index in [1.54, 1.807) is 0 Å². The van der Waals surface area contributed by atoms with Crippen LogP contribution in [0.2, 0.25) is 0 Å². The van der Waals surface area contributed by atoms with Crippen molar-refractivity contribution in [3.63, 3.8) is 0 Å². The van der Waals surface area contributed by atoms with Crippen LogP contribution in [0.4, 0.5) is 0 Å². The highest BCUT2D eigenvalue weighted by atomic mass is 14.4. The van der Waals surface area contributed by atoms with Crippen LogP contribution in [0.15, 0.2) is 78.9 Å². The molecule has 0 aliphatic heterocycles. The number of hydrogen-bond acceptors (Lipinski definition) is 0. The molecule has 0 nitrogen and oxygen atoms in total. The van der Waals surface area contributed by atoms with E-state index in [0.29, 0.717) is 0 Å². The molecule has 126 valence electrons. The van der Waals surface area contributed by atoms with Crippen LogP contribution in [0, 0.1) is 6.92 Å². The third-order valence-corrected chi connectivity index (χ3v) is 5.91. The monoisotopic (exact) mass is 334 g/mol. The fourth-order valence-corrected chi connectivity index (χ4v) is 4.53. The number of aryl methyl sites for hydroxylation is 1. The van der Waals surface area contributed by atoms with E-state index in [0.717, 1.165) is 0 Å². The highest BCUT2D eigenvalue weighted by molar-refractivity contribution is 5.95. The lowest BCUT2D eigenvalue weighted by atomic mass is 9.82. The maximum absolute atomic E-state index is 2.34. The number of rotatable bonds is 1. The Morgan fingerprint density at radius 1 is 0.615 bits per heavy atom. The fourth-order valence-electron chi connectivity index (χ4n) is 4.53. The molecular weight excluding hydrogens is 312 g/mol. The molecule has 4 aromatic rings. The van der Waals surface area contributed by atoms with Gasteiger partial charge in [-0.05, 0) is 57.1 Å². The van der Waals surface area contributed by atoms with Crippen LogP contribution in [-0.2, 0) is 5.41 Å². The van der Waals surface area contributed by atoms with Crippen molar-refractivity contribution in [2.24, 2.45) is 0 Å².